The molecule has 0 aliphatic rings. The average Bonchev–Trinajstić information content (AvgIpc) is 2.35. The van der Waals surface area contributed by atoms with E-state index in [0.717, 1.165) is 28.8 Å². The van der Waals surface area contributed by atoms with Gasteiger partial charge in [-0.2, -0.15) is 0 Å². The van der Waals surface area contributed by atoms with Crippen LogP contribution in [-0.2, 0) is 6.54 Å². The standard InChI is InChI=1S/C16H18FN/c1-11-4-5-12(2)14(8-11)15-9-13(10-18-3)6-7-16(15)17/h4-9,18H,10H2,1-3H3. The Bertz CT molecular complexity index is 561. The monoisotopic (exact) mass is 243 g/mol. The number of benzene rings is 2. The number of halogens is 1. The van der Waals surface area contributed by atoms with Crippen LogP contribution in [0.5, 0.6) is 0 Å². The smallest absolute Gasteiger partial charge is 0.131 e. The first-order chi connectivity index (χ1) is 8.61. The lowest BCUT2D eigenvalue weighted by Crippen LogP contribution is -2.05. The molecule has 2 rings (SSSR count). The van der Waals surface area contributed by atoms with Gasteiger partial charge in [0.25, 0.3) is 0 Å². The molecule has 0 aliphatic heterocycles. The fourth-order valence-electron chi connectivity index (χ4n) is 2.12. The van der Waals surface area contributed by atoms with Gasteiger partial charge < -0.3 is 5.32 Å². The molecule has 0 unspecified atom stereocenters. The van der Waals surface area contributed by atoms with Crippen LogP contribution in [0.3, 0.4) is 0 Å². The first-order valence-electron chi connectivity index (χ1n) is 6.12. The molecule has 1 nitrogen and oxygen atoms in total. The zero-order valence-corrected chi connectivity index (χ0v) is 11.0. The summed E-state index contributed by atoms with van der Waals surface area (Å²) in [5.41, 5.74) is 5.00. The highest BCUT2D eigenvalue weighted by Gasteiger charge is 2.09. The van der Waals surface area contributed by atoms with Gasteiger partial charge in [0, 0.05) is 12.1 Å². The summed E-state index contributed by atoms with van der Waals surface area (Å²) in [7, 11) is 1.89. The third-order valence-electron chi connectivity index (χ3n) is 3.09. The van der Waals surface area contributed by atoms with E-state index in [1.54, 1.807) is 6.07 Å². The maximum Gasteiger partial charge on any atom is 0.131 e. The van der Waals surface area contributed by atoms with Crippen molar-refractivity contribution in [2.75, 3.05) is 7.05 Å². The number of hydrogen-bond acceptors (Lipinski definition) is 1. The van der Waals surface area contributed by atoms with E-state index in [2.05, 4.69) is 5.32 Å². The van der Waals surface area contributed by atoms with E-state index in [1.807, 2.05) is 51.2 Å². The molecule has 0 aliphatic carbocycles. The molecule has 0 saturated heterocycles. The van der Waals surface area contributed by atoms with E-state index < -0.39 is 0 Å². The van der Waals surface area contributed by atoms with Gasteiger partial charge in [0.2, 0.25) is 0 Å². The normalized spacial score (nSPS) is 10.7. The van der Waals surface area contributed by atoms with Crippen molar-refractivity contribution in [1.29, 1.82) is 0 Å². The quantitative estimate of drug-likeness (QED) is 0.864. The summed E-state index contributed by atoms with van der Waals surface area (Å²) in [4.78, 5) is 0. The van der Waals surface area contributed by atoms with Crippen LogP contribution in [0, 0.1) is 19.7 Å². The number of aryl methyl sites for hydroxylation is 2. The molecular formula is C16H18FN. The Balaban J connectivity index is 2.55. The minimum absolute atomic E-state index is 0.163. The molecule has 0 heterocycles. The van der Waals surface area contributed by atoms with E-state index in [-0.39, 0.29) is 5.82 Å². The molecular weight excluding hydrogens is 225 g/mol. The van der Waals surface area contributed by atoms with Gasteiger partial charge in [-0.05, 0) is 49.7 Å². The fraction of sp³-hybridized carbons (Fsp3) is 0.250. The highest BCUT2D eigenvalue weighted by molar-refractivity contribution is 5.69. The van der Waals surface area contributed by atoms with Crippen LogP contribution in [0.2, 0.25) is 0 Å². The van der Waals surface area contributed by atoms with Crippen molar-refractivity contribution in [2.24, 2.45) is 0 Å². The molecule has 2 heteroatoms. The fourth-order valence-corrected chi connectivity index (χ4v) is 2.12. The second-order valence-corrected chi connectivity index (χ2v) is 4.66. The van der Waals surface area contributed by atoms with Crippen LogP contribution in [-0.4, -0.2) is 7.05 Å². The van der Waals surface area contributed by atoms with Crippen LogP contribution >= 0.6 is 0 Å². The maximum atomic E-state index is 14.0. The van der Waals surface area contributed by atoms with Crippen molar-refractivity contribution in [3.05, 3.63) is 58.9 Å². The topological polar surface area (TPSA) is 12.0 Å². The van der Waals surface area contributed by atoms with Crippen molar-refractivity contribution >= 4 is 0 Å². The van der Waals surface area contributed by atoms with Gasteiger partial charge in [0.15, 0.2) is 0 Å². The molecule has 0 amide bonds. The van der Waals surface area contributed by atoms with Gasteiger partial charge in [0.05, 0.1) is 0 Å². The van der Waals surface area contributed by atoms with Gasteiger partial charge in [0.1, 0.15) is 5.82 Å². The molecule has 0 spiro atoms. The minimum Gasteiger partial charge on any atom is -0.316 e. The molecule has 0 aromatic heterocycles. The SMILES string of the molecule is CNCc1ccc(F)c(-c2cc(C)ccc2C)c1. The summed E-state index contributed by atoms with van der Waals surface area (Å²) < 4.78 is 14.0. The van der Waals surface area contributed by atoms with Gasteiger partial charge in [-0.15, -0.1) is 0 Å². The predicted molar refractivity (Wildman–Crippen MR) is 74.1 cm³/mol. The molecule has 0 bridgehead atoms. The number of rotatable bonds is 3. The Labute approximate surface area is 108 Å². The second kappa shape index (κ2) is 5.32. The van der Waals surface area contributed by atoms with Crippen molar-refractivity contribution in [1.82, 2.24) is 5.32 Å². The Morgan fingerprint density at radius 2 is 1.78 bits per heavy atom. The molecule has 2 aromatic rings. The van der Waals surface area contributed by atoms with Crippen LogP contribution in [0.1, 0.15) is 16.7 Å². The molecule has 18 heavy (non-hydrogen) atoms. The summed E-state index contributed by atoms with van der Waals surface area (Å²) in [5.74, 6) is -0.163. The lowest BCUT2D eigenvalue weighted by atomic mass is 9.96. The van der Waals surface area contributed by atoms with Crippen LogP contribution in [0.15, 0.2) is 36.4 Å². The van der Waals surface area contributed by atoms with E-state index in [0.29, 0.717) is 5.56 Å². The summed E-state index contributed by atoms with van der Waals surface area (Å²) in [6.45, 7) is 4.79. The molecule has 0 fully saturated rings. The number of nitrogens with one attached hydrogen (secondary N) is 1. The maximum absolute atomic E-state index is 14.0. The lowest BCUT2D eigenvalue weighted by Gasteiger charge is -2.10. The Hall–Kier alpha value is -1.67. The molecule has 94 valence electrons. The largest absolute Gasteiger partial charge is 0.316 e. The van der Waals surface area contributed by atoms with Crippen molar-refractivity contribution in [3.8, 4) is 11.1 Å². The highest BCUT2D eigenvalue weighted by Crippen LogP contribution is 2.28. The second-order valence-electron chi connectivity index (χ2n) is 4.66. The van der Waals surface area contributed by atoms with Gasteiger partial charge in [-0.1, -0.05) is 29.8 Å². The van der Waals surface area contributed by atoms with E-state index >= 15 is 0 Å². The molecule has 2 aromatic carbocycles. The molecule has 0 saturated carbocycles. The zero-order chi connectivity index (χ0) is 13.1. The van der Waals surface area contributed by atoms with Crippen LogP contribution in [0.4, 0.5) is 4.39 Å². The third-order valence-corrected chi connectivity index (χ3v) is 3.09. The summed E-state index contributed by atoms with van der Waals surface area (Å²) in [6.07, 6.45) is 0. The zero-order valence-electron chi connectivity index (χ0n) is 11.0. The third kappa shape index (κ3) is 2.59. The first kappa shape index (κ1) is 12.8. The summed E-state index contributed by atoms with van der Waals surface area (Å²) >= 11 is 0. The Morgan fingerprint density at radius 3 is 2.50 bits per heavy atom. The Kier molecular flexibility index (Phi) is 3.78. The first-order valence-corrected chi connectivity index (χ1v) is 6.12. The van der Waals surface area contributed by atoms with Gasteiger partial charge in [-0.25, -0.2) is 4.39 Å². The minimum atomic E-state index is -0.163. The molecule has 0 atom stereocenters. The van der Waals surface area contributed by atoms with Crippen LogP contribution < -0.4 is 5.32 Å². The van der Waals surface area contributed by atoms with Gasteiger partial charge in [-0.3, -0.25) is 0 Å². The molecule has 0 radical (unpaired) electrons. The van der Waals surface area contributed by atoms with Gasteiger partial charge >= 0.3 is 0 Å². The Morgan fingerprint density at radius 1 is 1.00 bits per heavy atom. The van der Waals surface area contributed by atoms with Crippen molar-refractivity contribution < 1.29 is 4.39 Å². The predicted octanol–water partition coefficient (Wildman–Crippen LogP) is 3.83. The van der Waals surface area contributed by atoms with Crippen molar-refractivity contribution in [2.45, 2.75) is 20.4 Å². The van der Waals surface area contributed by atoms with E-state index in [4.69, 9.17) is 0 Å². The summed E-state index contributed by atoms with van der Waals surface area (Å²) in [5, 5.41) is 3.09. The van der Waals surface area contributed by atoms with Crippen molar-refractivity contribution in [3.63, 3.8) is 0 Å². The number of hydrogen-bond donors (Lipinski definition) is 1. The highest BCUT2D eigenvalue weighted by atomic mass is 19.1. The summed E-state index contributed by atoms with van der Waals surface area (Å²) in [6, 6.07) is 11.4. The average molecular weight is 243 g/mol. The molecule has 1 N–H and O–H groups in total. The van der Waals surface area contributed by atoms with E-state index in [1.165, 1.54) is 0 Å². The van der Waals surface area contributed by atoms with Crippen LogP contribution in [0.25, 0.3) is 11.1 Å². The van der Waals surface area contributed by atoms with E-state index in [9.17, 15) is 4.39 Å². The lowest BCUT2D eigenvalue weighted by molar-refractivity contribution is 0.630.